The van der Waals surface area contributed by atoms with Gasteiger partial charge in [-0.3, -0.25) is 9.78 Å². The number of ketones is 1. The number of Topliss-reactive ketones (excluding diaryl/α,β-unsaturated/α-hetero) is 1. The van der Waals surface area contributed by atoms with Crippen LogP contribution in [0, 0.1) is 5.82 Å². The highest BCUT2D eigenvalue weighted by atomic mass is 19.1. The van der Waals surface area contributed by atoms with Crippen molar-refractivity contribution in [3.8, 4) is 5.75 Å². The van der Waals surface area contributed by atoms with E-state index < -0.39 is 5.82 Å². The van der Waals surface area contributed by atoms with E-state index in [1.807, 2.05) is 0 Å². The third-order valence-corrected chi connectivity index (χ3v) is 3.61. The minimum Gasteiger partial charge on any atom is -0.494 e. The van der Waals surface area contributed by atoms with Crippen LogP contribution < -0.4 is 10.5 Å². The van der Waals surface area contributed by atoms with Gasteiger partial charge in [-0.15, -0.1) is 0 Å². The molecule has 6 nitrogen and oxygen atoms in total. The average Bonchev–Trinajstić information content (AvgIpc) is 2.59. The molecule has 0 unspecified atom stereocenters. The van der Waals surface area contributed by atoms with Crippen LogP contribution in [0.4, 0.5) is 10.3 Å². The number of halogens is 1. The predicted molar refractivity (Wildman–Crippen MR) is 87.3 cm³/mol. The Kier molecular flexibility index (Phi) is 4.33. The zero-order valence-corrected chi connectivity index (χ0v) is 13.0. The lowest BCUT2D eigenvalue weighted by atomic mass is 10.1. The lowest BCUT2D eigenvalue weighted by Gasteiger charge is -2.09. The molecule has 0 saturated carbocycles. The van der Waals surface area contributed by atoms with Gasteiger partial charge in [-0.2, -0.15) is 0 Å². The number of aryl methyl sites for hydroxylation is 1. The average molecular weight is 326 g/mol. The monoisotopic (exact) mass is 326 g/mol. The number of nitrogen functional groups attached to an aromatic ring is 1. The first-order valence-corrected chi connectivity index (χ1v) is 7.33. The van der Waals surface area contributed by atoms with Crippen molar-refractivity contribution in [1.29, 1.82) is 0 Å². The summed E-state index contributed by atoms with van der Waals surface area (Å²) in [4.78, 5) is 24.7. The Morgan fingerprint density at radius 1 is 1.25 bits per heavy atom. The number of carbonyl (C=O) groups excluding carboxylic acids is 1. The SMILES string of the molecule is COc1cccc2c(C(=O)CCc3ncccc3F)nc(N)nc12. The maximum absolute atomic E-state index is 13.6. The van der Waals surface area contributed by atoms with E-state index in [1.165, 1.54) is 25.4 Å². The second kappa shape index (κ2) is 6.57. The van der Waals surface area contributed by atoms with Crippen LogP contribution >= 0.6 is 0 Å². The maximum atomic E-state index is 13.6. The summed E-state index contributed by atoms with van der Waals surface area (Å²) in [6.45, 7) is 0. The zero-order valence-electron chi connectivity index (χ0n) is 13.0. The van der Waals surface area contributed by atoms with E-state index in [0.29, 0.717) is 16.7 Å². The number of aromatic nitrogens is 3. The molecule has 2 N–H and O–H groups in total. The van der Waals surface area contributed by atoms with Crippen molar-refractivity contribution in [3.63, 3.8) is 0 Å². The molecule has 0 fully saturated rings. The summed E-state index contributed by atoms with van der Waals surface area (Å²) in [5.74, 6) is -0.197. The van der Waals surface area contributed by atoms with Crippen molar-refractivity contribution < 1.29 is 13.9 Å². The first-order valence-electron chi connectivity index (χ1n) is 7.33. The van der Waals surface area contributed by atoms with Crippen LogP contribution in [0.5, 0.6) is 5.75 Å². The normalized spacial score (nSPS) is 10.8. The van der Waals surface area contributed by atoms with Gasteiger partial charge in [-0.1, -0.05) is 12.1 Å². The van der Waals surface area contributed by atoms with Crippen LogP contribution in [0.25, 0.3) is 10.9 Å². The summed E-state index contributed by atoms with van der Waals surface area (Å²) >= 11 is 0. The molecule has 0 saturated heterocycles. The molecule has 3 rings (SSSR count). The highest BCUT2D eigenvalue weighted by molar-refractivity contribution is 6.07. The molecule has 0 radical (unpaired) electrons. The van der Waals surface area contributed by atoms with E-state index in [1.54, 1.807) is 18.2 Å². The topological polar surface area (TPSA) is 91.0 Å². The van der Waals surface area contributed by atoms with Gasteiger partial charge in [0.05, 0.1) is 12.8 Å². The number of rotatable bonds is 5. The van der Waals surface area contributed by atoms with E-state index in [-0.39, 0.29) is 36.0 Å². The van der Waals surface area contributed by atoms with Gasteiger partial charge in [0.2, 0.25) is 5.95 Å². The number of benzene rings is 1. The van der Waals surface area contributed by atoms with Crippen molar-refractivity contribution in [2.45, 2.75) is 12.8 Å². The standard InChI is InChI=1S/C17H15FN4O2/c1-24-14-6-2-4-10-15(21-17(19)22-16(10)14)13(23)8-7-12-11(18)5-3-9-20-12/h2-6,9H,7-8H2,1H3,(H2,19,21,22). The molecule has 0 atom stereocenters. The summed E-state index contributed by atoms with van der Waals surface area (Å²) in [6.07, 6.45) is 1.74. The quantitative estimate of drug-likeness (QED) is 0.725. The molecule has 3 aromatic rings. The van der Waals surface area contributed by atoms with E-state index >= 15 is 0 Å². The lowest BCUT2D eigenvalue weighted by Crippen LogP contribution is -2.09. The summed E-state index contributed by atoms with van der Waals surface area (Å²) < 4.78 is 18.9. The molecule has 0 amide bonds. The van der Waals surface area contributed by atoms with Crippen molar-refractivity contribution in [2.24, 2.45) is 0 Å². The Bertz CT molecular complexity index is 914. The number of hydrogen-bond acceptors (Lipinski definition) is 6. The first-order chi connectivity index (χ1) is 11.6. The van der Waals surface area contributed by atoms with Gasteiger partial charge in [0.1, 0.15) is 22.8 Å². The smallest absolute Gasteiger partial charge is 0.221 e. The van der Waals surface area contributed by atoms with Gasteiger partial charge in [-0.25, -0.2) is 14.4 Å². The fourth-order valence-corrected chi connectivity index (χ4v) is 2.47. The van der Waals surface area contributed by atoms with E-state index in [9.17, 15) is 9.18 Å². The molecule has 0 bridgehead atoms. The fourth-order valence-electron chi connectivity index (χ4n) is 2.47. The Morgan fingerprint density at radius 2 is 2.08 bits per heavy atom. The molecule has 24 heavy (non-hydrogen) atoms. The molecule has 0 spiro atoms. The van der Waals surface area contributed by atoms with Crippen LogP contribution in [0.15, 0.2) is 36.5 Å². The number of carbonyl (C=O) groups is 1. The van der Waals surface area contributed by atoms with Crippen molar-refractivity contribution in [3.05, 3.63) is 53.7 Å². The molecule has 2 aromatic heterocycles. The number of methoxy groups -OCH3 is 1. The molecular weight excluding hydrogens is 311 g/mol. The molecule has 0 aliphatic rings. The van der Waals surface area contributed by atoms with Crippen molar-refractivity contribution in [1.82, 2.24) is 15.0 Å². The number of para-hydroxylation sites is 1. The molecule has 0 aliphatic carbocycles. The highest BCUT2D eigenvalue weighted by Gasteiger charge is 2.17. The van der Waals surface area contributed by atoms with Gasteiger partial charge in [0, 0.05) is 18.0 Å². The van der Waals surface area contributed by atoms with Crippen LogP contribution in [-0.4, -0.2) is 27.8 Å². The summed E-state index contributed by atoms with van der Waals surface area (Å²) in [7, 11) is 1.51. The van der Waals surface area contributed by atoms with Crippen LogP contribution in [0.2, 0.25) is 0 Å². The molecule has 0 aliphatic heterocycles. The third kappa shape index (κ3) is 3.01. The number of ether oxygens (including phenoxy) is 1. The molecule has 7 heteroatoms. The largest absolute Gasteiger partial charge is 0.494 e. The molecule has 2 heterocycles. The van der Waals surface area contributed by atoms with Gasteiger partial charge < -0.3 is 10.5 Å². The van der Waals surface area contributed by atoms with E-state index in [0.717, 1.165) is 0 Å². The fraction of sp³-hybridized carbons (Fsp3) is 0.176. The predicted octanol–water partition coefficient (Wildman–Crippen LogP) is 2.57. The number of anilines is 1. The second-order valence-corrected chi connectivity index (χ2v) is 5.14. The Balaban J connectivity index is 1.94. The zero-order chi connectivity index (χ0) is 17.1. The summed E-state index contributed by atoms with van der Waals surface area (Å²) in [5.41, 5.74) is 6.63. The number of pyridine rings is 1. The first kappa shape index (κ1) is 15.8. The highest BCUT2D eigenvalue weighted by Crippen LogP contribution is 2.26. The van der Waals surface area contributed by atoms with E-state index in [2.05, 4.69) is 15.0 Å². The number of fused-ring (bicyclic) bond motifs is 1. The van der Waals surface area contributed by atoms with Gasteiger partial charge in [0.25, 0.3) is 0 Å². The molecule has 122 valence electrons. The van der Waals surface area contributed by atoms with Gasteiger partial charge in [0.15, 0.2) is 5.78 Å². The molecular formula is C17H15FN4O2. The Morgan fingerprint density at radius 3 is 2.83 bits per heavy atom. The minimum absolute atomic E-state index is 0.0145. The van der Waals surface area contributed by atoms with Gasteiger partial charge in [-0.05, 0) is 24.6 Å². The molecule has 1 aromatic carbocycles. The maximum Gasteiger partial charge on any atom is 0.221 e. The lowest BCUT2D eigenvalue weighted by molar-refractivity contribution is 0.0979. The Hall–Kier alpha value is -3.09. The number of hydrogen-bond donors (Lipinski definition) is 1. The van der Waals surface area contributed by atoms with Crippen LogP contribution in [-0.2, 0) is 6.42 Å². The van der Waals surface area contributed by atoms with Gasteiger partial charge >= 0.3 is 0 Å². The Labute approximate surface area is 137 Å². The van der Waals surface area contributed by atoms with E-state index in [4.69, 9.17) is 10.5 Å². The second-order valence-electron chi connectivity index (χ2n) is 5.14. The van der Waals surface area contributed by atoms with Crippen molar-refractivity contribution in [2.75, 3.05) is 12.8 Å². The summed E-state index contributed by atoms with van der Waals surface area (Å²) in [5, 5.41) is 0.551. The summed E-state index contributed by atoms with van der Waals surface area (Å²) in [6, 6.07) is 8.02. The number of nitrogens with two attached hydrogens (primary N) is 1. The van der Waals surface area contributed by atoms with Crippen molar-refractivity contribution >= 4 is 22.6 Å². The van der Waals surface area contributed by atoms with Crippen LogP contribution in [0.1, 0.15) is 22.6 Å². The van der Waals surface area contributed by atoms with Crippen LogP contribution in [0.3, 0.4) is 0 Å². The number of nitrogens with zero attached hydrogens (tertiary/aromatic N) is 3. The minimum atomic E-state index is -0.431. The third-order valence-electron chi connectivity index (χ3n) is 3.61.